The van der Waals surface area contributed by atoms with Crippen LogP contribution in [-0.2, 0) is 0 Å². The summed E-state index contributed by atoms with van der Waals surface area (Å²) in [5, 5.41) is 13.4. The van der Waals surface area contributed by atoms with Crippen LogP contribution in [-0.4, -0.2) is 38.2 Å². The van der Waals surface area contributed by atoms with Crippen molar-refractivity contribution >= 4 is 27.4 Å². The first-order chi connectivity index (χ1) is 14.9. The molecule has 6 nitrogen and oxygen atoms in total. The van der Waals surface area contributed by atoms with Gasteiger partial charge in [0.05, 0.1) is 22.9 Å². The quantitative estimate of drug-likeness (QED) is 0.421. The summed E-state index contributed by atoms with van der Waals surface area (Å²) in [5.74, 6) is 0. The Hall–Kier alpha value is -3.77. The Balaban J connectivity index is 1.50. The van der Waals surface area contributed by atoms with Gasteiger partial charge in [-0.2, -0.15) is 5.10 Å². The average molecular weight is 392 g/mol. The van der Waals surface area contributed by atoms with Crippen LogP contribution >= 0.6 is 0 Å². The van der Waals surface area contributed by atoms with E-state index in [0.29, 0.717) is 0 Å². The van der Waals surface area contributed by atoms with Gasteiger partial charge in [-0.05, 0) is 60.0 Å². The highest BCUT2D eigenvalue weighted by atomic mass is 15.1. The van der Waals surface area contributed by atoms with Crippen LogP contribution in [0.3, 0.4) is 0 Å². The van der Waals surface area contributed by atoms with E-state index in [0.717, 1.165) is 63.8 Å². The zero-order valence-corrected chi connectivity index (χ0v) is 16.3. The smallest absolute Gasteiger partial charge is 0.116 e. The highest BCUT2D eigenvalue weighted by Gasteiger charge is 2.15. The van der Waals surface area contributed by atoms with Crippen LogP contribution in [0.25, 0.3) is 49.9 Å². The van der Waals surface area contributed by atoms with Crippen LogP contribution in [0.2, 0.25) is 0 Å². The third-order valence-electron chi connectivity index (χ3n) is 5.79. The summed E-state index contributed by atoms with van der Waals surface area (Å²) in [4.78, 5) is 12.1. The molecular weight excluding hydrogens is 372 g/mol. The van der Waals surface area contributed by atoms with E-state index in [1.54, 1.807) is 12.4 Å². The number of H-pyrrole nitrogens is 2. The van der Waals surface area contributed by atoms with E-state index in [9.17, 15) is 0 Å². The predicted octanol–water partition coefficient (Wildman–Crippen LogP) is 4.54. The number of rotatable bonds is 3. The standard InChI is InChI=1S/C24H20N6/c1-2-21-19(11-17(1)15-3-7-25-8-4-15)24(30-29-21)22-12-18-20(13-27-14-23(18)28-22)16-5-9-26-10-6-16/h1-3,5-6,9-14,25,28H,4,7-8H2,(H,29,30). The molecule has 0 saturated carbocycles. The largest absolute Gasteiger partial charge is 0.352 e. The Labute approximate surface area is 173 Å². The Morgan fingerprint density at radius 2 is 1.77 bits per heavy atom. The van der Waals surface area contributed by atoms with Gasteiger partial charge in [-0.1, -0.05) is 12.1 Å². The minimum Gasteiger partial charge on any atom is -0.352 e. The maximum Gasteiger partial charge on any atom is 0.116 e. The molecule has 0 amide bonds. The van der Waals surface area contributed by atoms with Crippen molar-refractivity contribution < 1.29 is 0 Å². The summed E-state index contributed by atoms with van der Waals surface area (Å²) in [7, 11) is 0. The third-order valence-corrected chi connectivity index (χ3v) is 5.79. The summed E-state index contributed by atoms with van der Waals surface area (Å²) in [6.07, 6.45) is 10.7. The van der Waals surface area contributed by atoms with Crippen molar-refractivity contribution in [3.05, 3.63) is 72.8 Å². The van der Waals surface area contributed by atoms with Crippen LogP contribution in [0.4, 0.5) is 0 Å². The normalized spacial score (nSPS) is 14.3. The van der Waals surface area contributed by atoms with E-state index >= 15 is 0 Å². The minimum absolute atomic E-state index is 0.929. The lowest BCUT2D eigenvalue weighted by molar-refractivity contribution is 0.739. The number of pyridine rings is 2. The molecule has 4 aromatic heterocycles. The number of nitrogens with one attached hydrogen (secondary N) is 3. The van der Waals surface area contributed by atoms with Gasteiger partial charge in [-0.15, -0.1) is 0 Å². The lowest BCUT2D eigenvalue weighted by Gasteiger charge is -2.14. The monoisotopic (exact) mass is 392 g/mol. The maximum absolute atomic E-state index is 4.63. The van der Waals surface area contributed by atoms with Crippen LogP contribution < -0.4 is 5.32 Å². The van der Waals surface area contributed by atoms with Crippen LogP contribution in [0, 0.1) is 0 Å². The molecular formula is C24H20N6. The second kappa shape index (κ2) is 6.93. The van der Waals surface area contributed by atoms with E-state index in [1.165, 1.54) is 11.1 Å². The molecule has 0 aliphatic carbocycles. The van der Waals surface area contributed by atoms with Gasteiger partial charge in [0, 0.05) is 41.5 Å². The fourth-order valence-electron chi connectivity index (χ4n) is 4.24. The number of hydrogen-bond donors (Lipinski definition) is 3. The molecule has 0 unspecified atom stereocenters. The molecule has 0 bridgehead atoms. The van der Waals surface area contributed by atoms with E-state index in [1.807, 2.05) is 24.5 Å². The van der Waals surface area contributed by atoms with E-state index in [2.05, 4.69) is 60.8 Å². The highest BCUT2D eigenvalue weighted by molar-refractivity contribution is 6.01. The van der Waals surface area contributed by atoms with E-state index in [4.69, 9.17) is 0 Å². The molecule has 0 fully saturated rings. The molecule has 30 heavy (non-hydrogen) atoms. The summed E-state index contributed by atoms with van der Waals surface area (Å²) < 4.78 is 0. The minimum atomic E-state index is 0.929. The van der Waals surface area contributed by atoms with Crippen molar-refractivity contribution in [2.45, 2.75) is 6.42 Å². The van der Waals surface area contributed by atoms with Crippen molar-refractivity contribution in [2.24, 2.45) is 0 Å². The van der Waals surface area contributed by atoms with Crippen molar-refractivity contribution in [2.75, 3.05) is 13.1 Å². The van der Waals surface area contributed by atoms with Crippen LogP contribution in [0.15, 0.2) is 67.3 Å². The van der Waals surface area contributed by atoms with Gasteiger partial charge >= 0.3 is 0 Å². The van der Waals surface area contributed by atoms with Crippen molar-refractivity contribution in [1.29, 1.82) is 0 Å². The number of hydrogen-bond acceptors (Lipinski definition) is 4. The molecule has 6 rings (SSSR count). The Morgan fingerprint density at radius 3 is 2.63 bits per heavy atom. The third kappa shape index (κ3) is 2.81. The van der Waals surface area contributed by atoms with Gasteiger partial charge in [0.2, 0.25) is 0 Å². The summed E-state index contributed by atoms with van der Waals surface area (Å²) in [6, 6.07) is 12.7. The van der Waals surface area contributed by atoms with Crippen molar-refractivity contribution in [3.63, 3.8) is 0 Å². The molecule has 0 spiro atoms. The summed E-state index contributed by atoms with van der Waals surface area (Å²) >= 11 is 0. The Morgan fingerprint density at radius 1 is 0.833 bits per heavy atom. The summed E-state index contributed by atoms with van der Waals surface area (Å²) in [5.41, 5.74) is 8.78. The molecule has 146 valence electrons. The topological polar surface area (TPSA) is 82.3 Å². The second-order valence-corrected chi connectivity index (χ2v) is 7.58. The van der Waals surface area contributed by atoms with Gasteiger partial charge in [0.1, 0.15) is 5.69 Å². The Kier molecular flexibility index (Phi) is 3.95. The fourth-order valence-corrected chi connectivity index (χ4v) is 4.24. The van der Waals surface area contributed by atoms with Crippen LogP contribution in [0.5, 0.6) is 0 Å². The lowest BCUT2D eigenvalue weighted by atomic mass is 9.98. The molecule has 3 N–H and O–H groups in total. The molecule has 5 aromatic rings. The van der Waals surface area contributed by atoms with Gasteiger partial charge < -0.3 is 10.3 Å². The zero-order chi connectivity index (χ0) is 19.9. The highest BCUT2D eigenvalue weighted by Crippen LogP contribution is 2.34. The number of nitrogens with zero attached hydrogens (tertiary/aromatic N) is 3. The fraction of sp³-hybridized carbons (Fsp3) is 0.125. The van der Waals surface area contributed by atoms with Crippen molar-refractivity contribution in [3.8, 4) is 22.5 Å². The number of aromatic amines is 2. The van der Waals surface area contributed by atoms with Gasteiger partial charge in [0.15, 0.2) is 0 Å². The van der Waals surface area contributed by atoms with Gasteiger partial charge in [-0.25, -0.2) is 0 Å². The molecule has 1 aliphatic heterocycles. The Bertz CT molecular complexity index is 1390. The van der Waals surface area contributed by atoms with Gasteiger partial charge in [-0.3, -0.25) is 15.1 Å². The van der Waals surface area contributed by atoms with Gasteiger partial charge in [0.25, 0.3) is 0 Å². The number of fused-ring (bicyclic) bond motifs is 2. The maximum atomic E-state index is 4.63. The molecule has 0 atom stereocenters. The molecule has 0 saturated heterocycles. The first-order valence-corrected chi connectivity index (χ1v) is 10.1. The molecule has 1 aliphatic rings. The van der Waals surface area contributed by atoms with E-state index in [-0.39, 0.29) is 0 Å². The SMILES string of the molecule is C1=C(c2ccc3[nH]nc(-c4cc5c(-c6ccncc6)cncc5[nH]4)c3c2)CCNC1. The lowest BCUT2D eigenvalue weighted by Crippen LogP contribution is -2.19. The predicted molar refractivity (Wildman–Crippen MR) is 120 cm³/mol. The zero-order valence-electron chi connectivity index (χ0n) is 16.3. The first-order valence-electron chi connectivity index (χ1n) is 10.1. The summed E-state index contributed by atoms with van der Waals surface area (Å²) in [6.45, 7) is 1.95. The van der Waals surface area contributed by atoms with E-state index < -0.39 is 0 Å². The first kappa shape index (κ1) is 17.1. The second-order valence-electron chi connectivity index (χ2n) is 7.58. The molecule has 1 aromatic carbocycles. The average Bonchev–Trinajstić information content (AvgIpc) is 3.43. The number of aromatic nitrogens is 5. The molecule has 5 heterocycles. The van der Waals surface area contributed by atoms with Crippen molar-refractivity contribution in [1.82, 2.24) is 30.5 Å². The molecule has 6 heteroatoms. The molecule has 0 radical (unpaired) electrons. The number of benzene rings is 1. The van der Waals surface area contributed by atoms with Crippen LogP contribution in [0.1, 0.15) is 12.0 Å².